The summed E-state index contributed by atoms with van der Waals surface area (Å²) in [6.07, 6.45) is 1.08. The third-order valence-electron chi connectivity index (χ3n) is 4.21. The number of aromatic hydroxyl groups is 4. The molecule has 0 spiro atoms. The van der Waals surface area contributed by atoms with E-state index in [2.05, 4.69) is 0 Å². The van der Waals surface area contributed by atoms with Crippen molar-refractivity contribution in [2.75, 3.05) is 0 Å². The zero-order valence-electron chi connectivity index (χ0n) is 13.0. The summed E-state index contributed by atoms with van der Waals surface area (Å²) in [6.45, 7) is -0.864. The van der Waals surface area contributed by atoms with E-state index >= 15 is 0 Å². The molecular formula is C16H12N4O6. The van der Waals surface area contributed by atoms with Gasteiger partial charge in [-0.05, 0) is 0 Å². The molecule has 6 N–H and O–H groups in total. The molecule has 0 aliphatic carbocycles. The molecule has 1 aromatic carbocycles. The first kappa shape index (κ1) is 16.7. The second-order valence-electron chi connectivity index (χ2n) is 5.37. The first-order chi connectivity index (χ1) is 12.4. The Labute approximate surface area is 144 Å². The topological polar surface area (TPSA) is 179 Å². The molecule has 0 saturated heterocycles. The molecule has 3 aromatic rings. The highest BCUT2D eigenvalue weighted by Crippen LogP contribution is 2.38. The van der Waals surface area contributed by atoms with Crippen LogP contribution in [-0.2, 0) is 13.1 Å². The molecule has 0 aliphatic heterocycles. The third kappa shape index (κ3) is 1.84. The second kappa shape index (κ2) is 5.72. The van der Waals surface area contributed by atoms with Crippen LogP contribution in [0.2, 0.25) is 0 Å². The lowest BCUT2D eigenvalue weighted by molar-refractivity contribution is 0.383. The maximum absolute atomic E-state index is 10.4. The standard InChI is InChI=1S/C16H12N4O6/c17-1-3-19-13(23)9-7(5-21)11-12(8(6-22)10(9)14(19)24)16(26)20(4-2-18)15(11)25/h5-6,21-26H,3-4H2. The number of aromatic nitrogens is 2. The zero-order valence-corrected chi connectivity index (χ0v) is 13.0. The highest BCUT2D eigenvalue weighted by molar-refractivity contribution is 6.08. The molecule has 132 valence electrons. The fourth-order valence-electron chi connectivity index (χ4n) is 3.16. The van der Waals surface area contributed by atoms with Crippen molar-refractivity contribution in [2.45, 2.75) is 13.1 Å². The van der Waals surface area contributed by atoms with E-state index in [9.17, 15) is 30.6 Å². The van der Waals surface area contributed by atoms with Gasteiger partial charge in [0.15, 0.2) is 0 Å². The van der Waals surface area contributed by atoms with Crippen LogP contribution in [0.4, 0.5) is 0 Å². The van der Waals surface area contributed by atoms with Gasteiger partial charge in [-0.15, -0.1) is 0 Å². The minimum absolute atomic E-state index is 0.155. The number of aliphatic hydroxyl groups excluding tert-OH is 2. The summed E-state index contributed by atoms with van der Waals surface area (Å²) in [5, 5.41) is 77.6. The molecule has 26 heavy (non-hydrogen) atoms. The number of benzene rings is 1. The minimum Gasteiger partial charge on any atom is -0.515 e. The summed E-state index contributed by atoms with van der Waals surface area (Å²) < 4.78 is 1.67. The van der Waals surface area contributed by atoms with Crippen molar-refractivity contribution in [3.63, 3.8) is 0 Å². The quantitative estimate of drug-likeness (QED) is 0.373. The van der Waals surface area contributed by atoms with Gasteiger partial charge in [0.05, 0.1) is 46.2 Å². The molecule has 2 heterocycles. The van der Waals surface area contributed by atoms with Crippen molar-refractivity contribution in [3.05, 3.63) is 10.4 Å². The monoisotopic (exact) mass is 356 g/mol. The van der Waals surface area contributed by atoms with Crippen LogP contribution in [0, 0.1) is 22.7 Å². The molecule has 2 aromatic heterocycles. The van der Waals surface area contributed by atoms with Crippen molar-refractivity contribution in [1.82, 2.24) is 9.13 Å². The molecule has 0 unspecified atom stereocenters. The Morgan fingerprint density at radius 1 is 0.654 bits per heavy atom. The molecule has 0 atom stereocenters. The van der Waals surface area contributed by atoms with Crippen LogP contribution in [0.25, 0.3) is 34.1 Å². The third-order valence-corrected chi connectivity index (χ3v) is 4.21. The molecule has 0 radical (unpaired) electrons. The number of nitrogens with zero attached hydrogens (tertiary/aromatic N) is 4. The lowest BCUT2D eigenvalue weighted by atomic mass is 10.0. The van der Waals surface area contributed by atoms with Crippen molar-refractivity contribution in [1.29, 1.82) is 10.5 Å². The normalized spacial score (nSPS) is 10.7. The van der Waals surface area contributed by atoms with E-state index in [0.717, 1.165) is 9.13 Å². The highest BCUT2D eigenvalue weighted by atomic mass is 16.3. The average molecular weight is 356 g/mol. The van der Waals surface area contributed by atoms with Gasteiger partial charge >= 0.3 is 0 Å². The Kier molecular flexibility index (Phi) is 3.67. The minimum atomic E-state index is -0.587. The summed E-state index contributed by atoms with van der Waals surface area (Å²) in [5.41, 5.74) is 0. The predicted molar refractivity (Wildman–Crippen MR) is 88.8 cm³/mol. The van der Waals surface area contributed by atoms with Crippen molar-refractivity contribution in [2.24, 2.45) is 0 Å². The van der Waals surface area contributed by atoms with Crippen LogP contribution in [0.1, 0.15) is 0 Å². The Bertz CT molecular complexity index is 1100. The molecule has 10 nitrogen and oxygen atoms in total. The first-order valence-electron chi connectivity index (χ1n) is 7.17. The van der Waals surface area contributed by atoms with Crippen molar-refractivity contribution < 1.29 is 30.6 Å². The van der Waals surface area contributed by atoms with E-state index in [-0.39, 0.29) is 32.0 Å². The number of hydrogen-bond donors (Lipinski definition) is 6. The summed E-state index contributed by atoms with van der Waals surface area (Å²) in [4.78, 5) is 0. The van der Waals surface area contributed by atoms with E-state index in [4.69, 9.17) is 10.5 Å². The molecule has 0 fully saturated rings. The zero-order chi connectivity index (χ0) is 19.2. The summed E-state index contributed by atoms with van der Waals surface area (Å²) in [6, 6.07) is 3.49. The number of aliphatic hydroxyl groups is 2. The van der Waals surface area contributed by atoms with Gasteiger partial charge in [-0.25, -0.2) is 0 Å². The average Bonchev–Trinajstić information content (AvgIpc) is 3.02. The van der Waals surface area contributed by atoms with E-state index in [1.807, 2.05) is 0 Å². The number of fused-ring (bicyclic) bond motifs is 2. The van der Waals surface area contributed by atoms with Crippen LogP contribution >= 0.6 is 0 Å². The van der Waals surface area contributed by atoms with E-state index < -0.39 is 36.6 Å². The first-order valence-corrected chi connectivity index (χ1v) is 7.17. The Hall–Kier alpha value is -4.18. The van der Waals surface area contributed by atoms with Gasteiger partial charge in [0.2, 0.25) is 23.5 Å². The van der Waals surface area contributed by atoms with Crippen LogP contribution in [-0.4, -0.2) is 39.8 Å². The molecule has 0 bridgehead atoms. The van der Waals surface area contributed by atoms with E-state index in [0.29, 0.717) is 12.5 Å². The van der Waals surface area contributed by atoms with Gasteiger partial charge < -0.3 is 30.6 Å². The molecule has 0 amide bonds. The molecule has 10 heteroatoms. The van der Waals surface area contributed by atoms with Gasteiger partial charge in [-0.3, -0.25) is 9.13 Å². The van der Waals surface area contributed by atoms with E-state index in [1.165, 1.54) is 0 Å². The Balaban J connectivity index is 2.78. The summed E-state index contributed by atoms with van der Waals surface area (Å²) in [5.74, 6) is -2.35. The predicted octanol–water partition coefficient (Wildman–Crippen LogP) is 0.0576. The lowest BCUT2D eigenvalue weighted by Gasteiger charge is -2.00. The van der Waals surface area contributed by atoms with Crippen molar-refractivity contribution in [3.8, 4) is 35.7 Å². The fraction of sp³-hybridized carbons (Fsp3) is 0.125. The Morgan fingerprint density at radius 3 is 1.12 bits per heavy atom. The molecule has 3 rings (SSSR count). The second-order valence-corrected chi connectivity index (χ2v) is 5.37. The van der Waals surface area contributed by atoms with Gasteiger partial charge in [0.25, 0.3) is 0 Å². The molecular weight excluding hydrogens is 344 g/mol. The smallest absolute Gasteiger partial charge is 0.203 e. The lowest BCUT2D eigenvalue weighted by Crippen LogP contribution is -2.12. The Morgan fingerprint density at radius 2 is 0.923 bits per heavy atom. The number of hydrogen-bond acceptors (Lipinski definition) is 8. The largest absolute Gasteiger partial charge is 0.515 e. The van der Waals surface area contributed by atoms with Crippen LogP contribution in [0.5, 0.6) is 23.5 Å². The van der Waals surface area contributed by atoms with Gasteiger partial charge in [0.1, 0.15) is 13.1 Å². The van der Waals surface area contributed by atoms with Gasteiger partial charge in [-0.1, -0.05) is 0 Å². The number of nitriles is 2. The summed E-state index contributed by atoms with van der Waals surface area (Å²) >= 11 is 0. The summed E-state index contributed by atoms with van der Waals surface area (Å²) in [7, 11) is 0. The maximum atomic E-state index is 10.4. The van der Waals surface area contributed by atoms with Crippen LogP contribution in [0.3, 0.4) is 0 Å². The molecule has 0 saturated carbocycles. The number of rotatable bonds is 2. The van der Waals surface area contributed by atoms with Crippen LogP contribution < -0.4 is 10.4 Å². The highest BCUT2D eigenvalue weighted by Gasteiger charge is 2.26. The SMILES string of the molecule is N#CCn1c(O)c2c(=CO)c3c(O)n(CC#N)c(O)c3c(=CO)c2c1O. The van der Waals surface area contributed by atoms with Crippen LogP contribution in [0.15, 0.2) is 0 Å². The van der Waals surface area contributed by atoms with Gasteiger partial charge in [-0.2, -0.15) is 10.5 Å². The molecule has 0 aliphatic rings. The maximum Gasteiger partial charge on any atom is 0.203 e. The van der Waals surface area contributed by atoms with E-state index in [1.54, 1.807) is 12.1 Å². The van der Waals surface area contributed by atoms with Gasteiger partial charge in [0, 0.05) is 10.4 Å². The fourth-order valence-corrected chi connectivity index (χ4v) is 3.16. The van der Waals surface area contributed by atoms with Crippen molar-refractivity contribution >= 4 is 34.1 Å².